The molecule has 0 radical (unpaired) electrons. The first-order valence-corrected chi connectivity index (χ1v) is 6.51. The summed E-state index contributed by atoms with van der Waals surface area (Å²) in [6.07, 6.45) is 0.826. The smallest absolute Gasteiger partial charge is 0.262 e. The van der Waals surface area contributed by atoms with E-state index in [0.29, 0.717) is 23.5 Å². The maximum Gasteiger partial charge on any atom is 0.262 e. The number of piperidine rings is 1. The first-order chi connectivity index (χ1) is 9.49. The van der Waals surface area contributed by atoms with Crippen molar-refractivity contribution in [2.75, 3.05) is 5.73 Å². The molecule has 1 atom stereocenters. The fraction of sp³-hybridized carbons (Fsp3) is 0.231. The van der Waals surface area contributed by atoms with Gasteiger partial charge in [-0.3, -0.25) is 19.3 Å². The molecule has 1 aromatic carbocycles. The molecule has 3 amide bonds. The van der Waals surface area contributed by atoms with E-state index < -0.39 is 23.8 Å². The molecule has 1 saturated heterocycles. The van der Waals surface area contributed by atoms with Crippen molar-refractivity contribution in [3.05, 3.63) is 29.3 Å². The van der Waals surface area contributed by atoms with Crippen molar-refractivity contribution >= 4 is 40.6 Å². The van der Waals surface area contributed by atoms with E-state index >= 15 is 0 Å². The number of carbonyl (C=O) groups is 3. The zero-order chi connectivity index (χ0) is 14.4. The fourth-order valence-corrected chi connectivity index (χ4v) is 2.71. The SMILES string of the molecule is Nc1ccc2c(c1)C(=O)N(C1CCC(=S)NC1=O)C2=O. The number of fused-ring (bicyclic) bond motifs is 1. The number of nitrogens with one attached hydrogen (secondary N) is 1. The summed E-state index contributed by atoms with van der Waals surface area (Å²) >= 11 is 4.92. The van der Waals surface area contributed by atoms with Gasteiger partial charge in [0.05, 0.1) is 16.1 Å². The summed E-state index contributed by atoms with van der Waals surface area (Å²) in [5.74, 6) is -1.35. The van der Waals surface area contributed by atoms with Crippen LogP contribution in [0.25, 0.3) is 0 Å². The van der Waals surface area contributed by atoms with Crippen molar-refractivity contribution in [2.45, 2.75) is 18.9 Å². The summed E-state index contributed by atoms with van der Waals surface area (Å²) in [6.45, 7) is 0. The van der Waals surface area contributed by atoms with Gasteiger partial charge in [-0.1, -0.05) is 12.2 Å². The molecular formula is C13H11N3O3S. The second-order valence-electron chi connectivity index (χ2n) is 4.75. The molecule has 2 aliphatic rings. The number of rotatable bonds is 1. The summed E-state index contributed by atoms with van der Waals surface area (Å²) in [5.41, 5.74) is 6.56. The van der Waals surface area contributed by atoms with Crippen LogP contribution in [0, 0.1) is 0 Å². The van der Waals surface area contributed by atoms with Gasteiger partial charge < -0.3 is 11.1 Å². The Hall–Kier alpha value is -2.28. The van der Waals surface area contributed by atoms with E-state index in [1.165, 1.54) is 12.1 Å². The zero-order valence-electron chi connectivity index (χ0n) is 10.4. The number of nitrogen functional groups attached to an aromatic ring is 1. The minimum Gasteiger partial charge on any atom is -0.399 e. The van der Waals surface area contributed by atoms with Crippen molar-refractivity contribution in [3.63, 3.8) is 0 Å². The minimum atomic E-state index is -0.810. The number of thiocarbonyl (C=S) groups is 1. The molecular weight excluding hydrogens is 278 g/mol. The van der Waals surface area contributed by atoms with Crippen molar-refractivity contribution in [1.29, 1.82) is 0 Å². The minimum absolute atomic E-state index is 0.246. The normalized spacial score (nSPS) is 22.0. The number of hydrogen-bond acceptors (Lipinski definition) is 5. The van der Waals surface area contributed by atoms with E-state index in [1.54, 1.807) is 6.07 Å². The Kier molecular flexibility index (Phi) is 2.79. The van der Waals surface area contributed by atoms with E-state index in [9.17, 15) is 14.4 Å². The van der Waals surface area contributed by atoms with Gasteiger partial charge in [-0.25, -0.2) is 0 Å². The van der Waals surface area contributed by atoms with Crippen LogP contribution in [-0.2, 0) is 4.79 Å². The standard InChI is InChI=1S/C13H11N3O3S/c14-6-1-2-7-8(5-6)13(19)16(12(7)18)9-3-4-10(20)15-11(9)17/h1-2,5,9H,3-4,14H2,(H,15,17,20). The highest BCUT2D eigenvalue weighted by molar-refractivity contribution is 7.80. The van der Waals surface area contributed by atoms with Gasteiger partial charge in [-0.15, -0.1) is 0 Å². The molecule has 7 heteroatoms. The van der Waals surface area contributed by atoms with Gasteiger partial charge >= 0.3 is 0 Å². The Morgan fingerprint density at radius 3 is 2.60 bits per heavy atom. The van der Waals surface area contributed by atoms with Crippen LogP contribution >= 0.6 is 12.2 Å². The second kappa shape index (κ2) is 4.38. The molecule has 0 aliphatic carbocycles. The highest BCUT2D eigenvalue weighted by Gasteiger charge is 2.44. The quantitative estimate of drug-likeness (QED) is 0.445. The van der Waals surface area contributed by atoms with Gasteiger partial charge in [0.1, 0.15) is 6.04 Å². The molecule has 0 bridgehead atoms. The summed E-state index contributed by atoms with van der Waals surface area (Å²) in [5, 5.41) is 2.51. The largest absolute Gasteiger partial charge is 0.399 e. The van der Waals surface area contributed by atoms with Crippen molar-refractivity contribution in [1.82, 2.24) is 10.2 Å². The third-order valence-electron chi connectivity index (χ3n) is 3.46. The zero-order valence-corrected chi connectivity index (χ0v) is 11.2. The Morgan fingerprint density at radius 2 is 1.90 bits per heavy atom. The van der Waals surface area contributed by atoms with Gasteiger partial charge in [0.2, 0.25) is 5.91 Å². The predicted octanol–water partition coefficient (Wildman–Crippen LogP) is 0.471. The third kappa shape index (κ3) is 1.78. The van der Waals surface area contributed by atoms with Crippen molar-refractivity contribution < 1.29 is 14.4 Å². The molecule has 102 valence electrons. The van der Waals surface area contributed by atoms with Gasteiger partial charge in [-0.05, 0) is 24.6 Å². The number of hydrogen-bond donors (Lipinski definition) is 2. The van der Waals surface area contributed by atoms with Gasteiger partial charge in [0, 0.05) is 12.1 Å². The van der Waals surface area contributed by atoms with Crippen molar-refractivity contribution in [2.24, 2.45) is 0 Å². The molecule has 1 fully saturated rings. The average Bonchev–Trinajstić information content (AvgIpc) is 2.63. The second-order valence-corrected chi connectivity index (χ2v) is 5.25. The first kappa shape index (κ1) is 12.7. The maximum absolute atomic E-state index is 12.3. The number of nitrogens with zero attached hydrogens (tertiary/aromatic N) is 1. The summed E-state index contributed by atoms with van der Waals surface area (Å²) in [6, 6.07) is 3.72. The summed E-state index contributed by atoms with van der Waals surface area (Å²) < 4.78 is 0. The molecule has 3 rings (SSSR count). The van der Waals surface area contributed by atoms with Crippen LogP contribution in [0.4, 0.5) is 5.69 Å². The van der Waals surface area contributed by atoms with E-state index in [0.717, 1.165) is 4.90 Å². The van der Waals surface area contributed by atoms with Crippen LogP contribution in [0.15, 0.2) is 18.2 Å². The predicted molar refractivity (Wildman–Crippen MR) is 75.1 cm³/mol. The Labute approximate surface area is 119 Å². The average molecular weight is 289 g/mol. The third-order valence-corrected chi connectivity index (χ3v) is 3.77. The Bertz CT molecular complexity index is 671. The lowest BCUT2D eigenvalue weighted by Crippen LogP contribution is -2.53. The molecule has 0 aromatic heterocycles. The number of imide groups is 1. The topological polar surface area (TPSA) is 92.5 Å². The molecule has 1 unspecified atom stereocenters. The monoisotopic (exact) mass is 289 g/mol. The van der Waals surface area contributed by atoms with Gasteiger partial charge in [-0.2, -0.15) is 0 Å². The summed E-state index contributed by atoms with van der Waals surface area (Å²) in [4.78, 5) is 38.0. The van der Waals surface area contributed by atoms with E-state index in [4.69, 9.17) is 18.0 Å². The van der Waals surface area contributed by atoms with Crippen LogP contribution in [0.5, 0.6) is 0 Å². The van der Waals surface area contributed by atoms with Crippen LogP contribution in [0.3, 0.4) is 0 Å². The van der Waals surface area contributed by atoms with Crippen LogP contribution in [0.2, 0.25) is 0 Å². The number of anilines is 1. The molecule has 0 saturated carbocycles. The maximum atomic E-state index is 12.3. The molecule has 6 nitrogen and oxygen atoms in total. The molecule has 0 spiro atoms. The number of amides is 3. The highest BCUT2D eigenvalue weighted by atomic mass is 32.1. The molecule has 2 aliphatic heterocycles. The van der Waals surface area contributed by atoms with Gasteiger partial charge in [0.25, 0.3) is 11.8 Å². The first-order valence-electron chi connectivity index (χ1n) is 6.10. The summed E-state index contributed by atoms with van der Waals surface area (Å²) in [7, 11) is 0. The van der Waals surface area contributed by atoms with Crippen molar-refractivity contribution in [3.8, 4) is 0 Å². The lowest BCUT2D eigenvalue weighted by atomic mass is 10.1. The number of carbonyl (C=O) groups excluding carboxylic acids is 3. The lowest BCUT2D eigenvalue weighted by molar-refractivity contribution is -0.124. The van der Waals surface area contributed by atoms with Crippen LogP contribution < -0.4 is 11.1 Å². The van der Waals surface area contributed by atoms with E-state index in [2.05, 4.69) is 5.32 Å². The lowest BCUT2D eigenvalue weighted by Gasteiger charge is -2.28. The molecule has 3 N–H and O–H groups in total. The fourth-order valence-electron chi connectivity index (χ4n) is 2.49. The molecule has 1 aromatic rings. The van der Waals surface area contributed by atoms with E-state index in [1.807, 2.05) is 0 Å². The molecule has 20 heavy (non-hydrogen) atoms. The van der Waals surface area contributed by atoms with Crippen LogP contribution in [0.1, 0.15) is 33.6 Å². The highest BCUT2D eigenvalue weighted by Crippen LogP contribution is 2.28. The number of benzene rings is 1. The Morgan fingerprint density at radius 1 is 1.20 bits per heavy atom. The Balaban J connectivity index is 1.97. The molecule has 2 heterocycles. The van der Waals surface area contributed by atoms with Crippen LogP contribution in [-0.4, -0.2) is 33.7 Å². The number of nitrogens with two attached hydrogens (primary N) is 1. The van der Waals surface area contributed by atoms with E-state index in [-0.39, 0.29) is 11.1 Å². The van der Waals surface area contributed by atoms with Gasteiger partial charge in [0.15, 0.2) is 0 Å².